The van der Waals surface area contributed by atoms with Gasteiger partial charge in [-0.15, -0.1) is 0 Å². The Morgan fingerprint density at radius 2 is 1.28 bits per heavy atom. The van der Waals surface area contributed by atoms with Gasteiger partial charge in [0.25, 0.3) is 0 Å². The van der Waals surface area contributed by atoms with Crippen molar-refractivity contribution in [3.8, 4) is 0 Å². The SMILES string of the molecule is S.c1ccc(Nc2cccc3ccccc23)cc1. The lowest BCUT2D eigenvalue weighted by molar-refractivity contribution is 1.58. The van der Waals surface area contributed by atoms with Crippen LogP contribution in [0.15, 0.2) is 72.8 Å². The van der Waals surface area contributed by atoms with Crippen molar-refractivity contribution in [2.24, 2.45) is 0 Å². The fraction of sp³-hybridized carbons (Fsp3) is 0. The van der Waals surface area contributed by atoms with Gasteiger partial charge in [-0.25, -0.2) is 0 Å². The largest absolute Gasteiger partial charge is 0.355 e. The van der Waals surface area contributed by atoms with Crippen molar-refractivity contribution in [2.75, 3.05) is 5.32 Å². The van der Waals surface area contributed by atoms with E-state index in [4.69, 9.17) is 0 Å². The van der Waals surface area contributed by atoms with Crippen LogP contribution in [0.25, 0.3) is 10.8 Å². The molecular formula is C16H15NS. The maximum atomic E-state index is 3.45. The molecule has 1 N–H and O–H groups in total. The third-order valence-electron chi connectivity index (χ3n) is 2.84. The minimum Gasteiger partial charge on any atom is -0.355 e. The quantitative estimate of drug-likeness (QED) is 0.698. The second-order valence-corrected chi connectivity index (χ2v) is 4.02. The normalized spacial score (nSPS) is 9.78. The van der Waals surface area contributed by atoms with Crippen LogP contribution in [0, 0.1) is 0 Å². The summed E-state index contributed by atoms with van der Waals surface area (Å²) in [5, 5.41) is 5.95. The van der Waals surface area contributed by atoms with E-state index in [1.165, 1.54) is 10.8 Å². The van der Waals surface area contributed by atoms with Crippen molar-refractivity contribution < 1.29 is 0 Å². The molecule has 0 saturated carbocycles. The molecule has 0 fully saturated rings. The zero-order valence-corrected chi connectivity index (χ0v) is 10.9. The number of anilines is 2. The van der Waals surface area contributed by atoms with E-state index in [0.29, 0.717) is 0 Å². The molecule has 2 heteroatoms. The summed E-state index contributed by atoms with van der Waals surface area (Å²) in [5.41, 5.74) is 2.26. The van der Waals surface area contributed by atoms with Crippen molar-refractivity contribution in [1.82, 2.24) is 0 Å². The van der Waals surface area contributed by atoms with Gasteiger partial charge in [-0.1, -0.05) is 54.6 Å². The minimum atomic E-state index is 0. The zero-order valence-electron chi connectivity index (χ0n) is 9.93. The van der Waals surface area contributed by atoms with Crippen molar-refractivity contribution in [1.29, 1.82) is 0 Å². The fourth-order valence-electron chi connectivity index (χ4n) is 2.01. The van der Waals surface area contributed by atoms with Crippen LogP contribution in [0.5, 0.6) is 0 Å². The van der Waals surface area contributed by atoms with Gasteiger partial charge in [0.2, 0.25) is 0 Å². The predicted molar refractivity (Wildman–Crippen MR) is 84.1 cm³/mol. The van der Waals surface area contributed by atoms with Gasteiger partial charge in [0.05, 0.1) is 0 Å². The Kier molecular flexibility index (Phi) is 3.90. The van der Waals surface area contributed by atoms with Crippen LogP contribution in [0.3, 0.4) is 0 Å². The molecule has 18 heavy (non-hydrogen) atoms. The fourth-order valence-corrected chi connectivity index (χ4v) is 2.01. The lowest BCUT2D eigenvalue weighted by Gasteiger charge is -2.09. The molecule has 3 rings (SSSR count). The maximum Gasteiger partial charge on any atom is 0.0463 e. The third kappa shape index (κ3) is 2.49. The highest BCUT2D eigenvalue weighted by Gasteiger charge is 1.99. The summed E-state index contributed by atoms with van der Waals surface area (Å²) in [6, 6.07) is 25.0. The van der Waals surface area contributed by atoms with E-state index in [2.05, 4.69) is 59.9 Å². The topological polar surface area (TPSA) is 12.0 Å². The number of hydrogen-bond donors (Lipinski definition) is 1. The van der Waals surface area contributed by atoms with Crippen LogP contribution in [-0.2, 0) is 0 Å². The van der Waals surface area contributed by atoms with Crippen LogP contribution in [-0.4, -0.2) is 0 Å². The number of nitrogens with one attached hydrogen (secondary N) is 1. The number of benzene rings is 3. The zero-order chi connectivity index (χ0) is 11.5. The van der Waals surface area contributed by atoms with Crippen LogP contribution in [0.4, 0.5) is 11.4 Å². The Balaban J connectivity index is 0.00000120. The third-order valence-corrected chi connectivity index (χ3v) is 2.84. The molecule has 3 aromatic rings. The predicted octanol–water partition coefficient (Wildman–Crippen LogP) is 4.70. The first-order valence-corrected chi connectivity index (χ1v) is 5.73. The molecule has 0 unspecified atom stereocenters. The number of fused-ring (bicyclic) bond motifs is 1. The van der Waals surface area contributed by atoms with Crippen LogP contribution in [0.2, 0.25) is 0 Å². The molecule has 0 aliphatic heterocycles. The highest BCUT2D eigenvalue weighted by Crippen LogP contribution is 2.25. The first-order chi connectivity index (χ1) is 8.43. The summed E-state index contributed by atoms with van der Waals surface area (Å²) in [7, 11) is 0. The maximum absolute atomic E-state index is 3.45. The van der Waals surface area contributed by atoms with Crippen molar-refractivity contribution in [2.45, 2.75) is 0 Å². The molecule has 0 atom stereocenters. The summed E-state index contributed by atoms with van der Waals surface area (Å²) in [5.74, 6) is 0. The molecule has 0 amide bonds. The average Bonchev–Trinajstić information content (AvgIpc) is 2.40. The molecule has 0 bridgehead atoms. The van der Waals surface area contributed by atoms with Crippen LogP contribution in [0.1, 0.15) is 0 Å². The number of hydrogen-bond acceptors (Lipinski definition) is 1. The van der Waals surface area contributed by atoms with E-state index >= 15 is 0 Å². The minimum absolute atomic E-state index is 0. The molecule has 1 nitrogen and oxygen atoms in total. The van der Waals surface area contributed by atoms with Crippen LogP contribution >= 0.6 is 13.5 Å². The van der Waals surface area contributed by atoms with Crippen molar-refractivity contribution in [3.05, 3.63) is 72.8 Å². The van der Waals surface area contributed by atoms with Crippen LogP contribution < -0.4 is 5.32 Å². The standard InChI is InChI=1S/C16H13N.H2S/c1-2-9-14(10-3-1)17-16-12-6-8-13-7-4-5-11-15(13)16;/h1-12,17H;1H2. The molecular weight excluding hydrogens is 238 g/mol. The van der Waals surface area contributed by atoms with Gasteiger partial charge in [0.15, 0.2) is 0 Å². The molecule has 0 aliphatic rings. The molecule has 0 heterocycles. The van der Waals surface area contributed by atoms with Gasteiger partial charge in [-0.05, 0) is 23.6 Å². The molecule has 0 aromatic heterocycles. The Morgan fingerprint density at radius 3 is 2.11 bits per heavy atom. The second-order valence-electron chi connectivity index (χ2n) is 4.02. The second kappa shape index (κ2) is 5.61. The molecule has 90 valence electrons. The van der Waals surface area contributed by atoms with E-state index in [9.17, 15) is 0 Å². The van der Waals surface area contributed by atoms with Gasteiger partial charge in [-0.3, -0.25) is 0 Å². The van der Waals surface area contributed by atoms with Gasteiger partial charge < -0.3 is 5.32 Å². The monoisotopic (exact) mass is 253 g/mol. The first kappa shape index (κ1) is 12.5. The lowest BCUT2D eigenvalue weighted by Crippen LogP contribution is -1.90. The van der Waals surface area contributed by atoms with E-state index in [0.717, 1.165) is 11.4 Å². The van der Waals surface area contributed by atoms with E-state index in [1.807, 2.05) is 18.2 Å². The van der Waals surface area contributed by atoms with Gasteiger partial charge >= 0.3 is 0 Å². The van der Waals surface area contributed by atoms with Gasteiger partial charge in [-0.2, -0.15) is 13.5 Å². The highest BCUT2D eigenvalue weighted by molar-refractivity contribution is 7.59. The average molecular weight is 253 g/mol. The van der Waals surface area contributed by atoms with E-state index in [1.54, 1.807) is 0 Å². The summed E-state index contributed by atoms with van der Waals surface area (Å²) >= 11 is 0. The van der Waals surface area contributed by atoms with Gasteiger partial charge in [0, 0.05) is 16.8 Å². The van der Waals surface area contributed by atoms with Gasteiger partial charge in [0.1, 0.15) is 0 Å². The Morgan fingerprint density at radius 1 is 0.611 bits per heavy atom. The number of para-hydroxylation sites is 1. The molecule has 0 saturated heterocycles. The lowest BCUT2D eigenvalue weighted by atomic mass is 10.1. The van der Waals surface area contributed by atoms with Crippen molar-refractivity contribution >= 4 is 35.6 Å². The summed E-state index contributed by atoms with van der Waals surface area (Å²) in [6.45, 7) is 0. The summed E-state index contributed by atoms with van der Waals surface area (Å²) in [6.07, 6.45) is 0. The number of rotatable bonds is 2. The van der Waals surface area contributed by atoms with Crippen molar-refractivity contribution in [3.63, 3.8) is 0 Å². The molecule has 0 radical (unpaired) electrons. The smallest absolute Gasteiger partial charge is 0.0463 e. The molecule has 3 aromatic carbocycles. The molecule has 0 spiro atoms. The van der Waals surface area contributed by atoms with E-state index in [-0.39, 0.29) is 13.5 Å². The first-order valence-electron chi connectivity index (χ1n) is 5.73. The molecule has 0 aliphatic carbocycles. The Hall–Kier alpha value is -1.93. The van der Waals surface area contributed by atoms with E-state index < -0.39 is 0 Å². The highest BCUT2D eigenvalue weighted by atomic mass is 32.1. The Bertz CT molecular complexity index is 629. The Labute approximate surface area is 114 Å². The summed E-state index contributed by atoms with van der Waals surface area (Å²) in [4.78, 5) is 0. The summed E-state index contributed by atoms with van der Waals surface area (Å²) < 4.78 is 0.